The van der Waals surface area contributed by atoms with E-state index in [0.29, 0.717) is 12.3 Å². The van der Waals surface area contributed by atoms with Gasteiger partial charge in [-0.3, -0.25) is 9.59 Å². The van der Waals surface area contributed by atoms with E-state index in [2.05, 4.69) is 15.1 Å². The van der Waals surface area contributed by atoms with Gasteiger partial charge in [0.2, 0.25) is 11.7 Å². The first-order valence-corrected chi connectivity index (χ1v) is 10.0. The minimum absolute atomic E-state index is 0.0261. The molecule has 0 radical (unpaired) electrons. The summed E-state index contributed by atoms with van der Waals surface area (Å²) in [4.78, 5) is 37.3. The zero-order valence-electron chi connectivity index (χ0n) is 17.3. The number of carbonyl (C=O) groups is 2. The van der Waals surface area contributed by atoms with Gasteiger partial charge < -0.3 is 14.5 Å². The third-order valence-corrected chi connectivity index (χ3v) is 5.09. The Morgan fingerprint density at radius 3 is 2.74 bits per heavy atom. The molecule has 1 aliphatic rings. The smallest absolute Gasteiger partial charge is 0.294 e. The summed E-state index contributed by atoms with van der Waals surface area (Å²) in [6.45, 7) is 4.54. The van der Waals surface area contributed by atoms with E-state index in [1.165, 1.54) is 21.5 Å². The van der Waals surface area contributed by atoms with Gasteiger partial charge in [0, 0.05) is 31.5 Å². The summed E-state index contributed by atoms with van der Waals surface area (Å²) in [7, 11) is 0. The molecule has 1 aliphatic heterocycles. The molecule has 3 heterocycles. The maximum absolute atomic E-state index is 13.1. The van der Waals surface area contributed by atoms with E-state index >= 15 is 0 Å². The first-order chi connectivity index (χ1) is 14.9. The van der Waals surface area contributed by atoms with Crippen LogP contribution < -0.4 is 0 Å². The minimum Gasteiger partial charge on any atom is -0.370 e. The molecule has 0 spiro atoms. The fraction of sp³-hybridized carbons (Fsp3) is 0.381. The van der Waals surface area contributed by atoms with Crippen LogP contribution in [0.1, 0.15) is 30.0 Å². The number of benzene rings is 1. The van der Waals surface area contributed by atoms with Gasteiger partial charge in [-0.25, -0.2) is 13.9 Å². The Morgan fingerprint density at radius 2 is 2.03 bits per heavy atom. The molecule has 0 saturated carbocycles. The predicted octanol–water partition coefficient (Wildman–Crippen LogP) is 1.54. The summed E-state index contributed by atoms with van der Waals surface area (Å²) in [6, 6.07) is 7.67. The molecule has 1 saturated heterocycles. The summed E-state index contributed by atoms with van der Waals surface area (Å²) in [6.07, 6.45) is 2.79. The molecular formula is C21H23FN6O3. The van der Waals surface area contributed by atoms with Gasteiger partial charge in [0.25, 0.3) is 11.7 Å². The maximum atomic E-state index is 13.1. The molecule has 0 unspecified atom stereocenters. The second-order valence-electron chi connectivity index (χ2n) is 7.68. The second-order valence-corrected chi connectivity index (χ2v) is 7.68. The van der Waals surface area contributed by atoms with Crippen molar-refractivity contribution in [2.24, 2.45) is 0 Å². The lowest BCUT2D eigenvalue weighted by atomic mass is 10.2. The number of rotatable bonds is 5. The van der Waals surface area contributed by atoms with Crippen molar-refractivity contribution >= 4 is 17.6 Å². The van der Waals surface area contributed by atoms with Crippen molar-refractivity contribution in [2.45, 2.75) is 32.6 Å². The van der Waals surface area contributed by atoms with E-state index in [1.807, 2.05) is 13.8 Å². The van der Waals surface area contributed by atoms with Crippen LogP contribution in [0.3, 0.4) is 0 Å². The van der Waals surface area contributed by atoms with Crippen molar-refractivity contribution in [2.75, 3.05) is 19.6 Å². The van der Waals surface area contributed by atoms with Crippen LogP contribution in [0, 0.1) is 5.82 Å². The van der Waals surface area contributed by atoms with Gasteiger partial charge in [0.05, 0.1) is 12.7 Å². The average molecular weight is 426 g/mol. The molecule has 0 bridgehead atoms. The molecule has 0 N–H and O–H groups in total. The number of fused-ring (bicyclic) bond motifs is 1. The van der Waals surface area contributed by atoms with Crippen LogP contribution in [0.2, 0.25) is 0 Å². The molecule has 4 rings (SSSR count). The van der Waals surface area contributed by atoms with Crippen LogP contribution in [0.15, 0.2) is 42.7 Å². The quantitative estimate of drug-likeness (QED) is 0.615. The number of ether oxygens (including phenoxy) is 1. The van der Waals surface area contributed by atoms with Gasteiger partial charge in [0.15, 0.2) is 0 Å². The molecular weight excluding hydrogens is 403 g/mol. The molecule has 10 heteroatoms. The Balaban J connectivity index is 1.54. The lowest BCUT2D eigenvalue weighted by Gasteiger charge is -2.27. The number of aromatic nitrogens is 4. The molecule has 0 aliphatic carbocycles. The molecule has 162 valence electrons. The first kappa shape index (κ1) is 20.9. The topological polar surface area (TPSA) is 92.9 Å². The van der Waals surface area contributed by atoms with Crippen molar-refractivity contribution in [3.63, 3.8) is 0 Å². The molecule has 9 nitrogen and oxygen atoms in total. The molecule has 1 fully saturated rings. The third kappa shape index (κ3) is 4.69. The summed E-state index contributed by atoms with van der Waals surface area (Å²) >= 11 is 0. The van der Waals surface area contributed by atoms with Crippen molar-refractivity contribution in [3.8, 4) is 0 Å². The number of halogens is 1. The van der Waals surface area contributed by atoms with Gasteiger partial charge >= 0.3 is 0 Å². The summed E-state index contributed by atoms with van der Waals surface area (Å²) in [5.74, 6) is -0.666. The molecule has 1 atom stereocenters. The van der Waals surface area contributed by atoms with Gasteiger partial charge in [0.1, 0.15) is 12.4 Å². The predicted molar refractivity (Wildman–Crippen MR) is 109 cm³/mol. The maximum Gasteiger partial charge on any atom is 0.294 e. The zero-order chi connectivity index (χ0) is 22.0. The Kier molecular flexibility index (Phi) is 5.90. The highest BCUT2D eigenvalue weighted by molar-refractivity contribution is 5.94. The Bertz CT molecular complexity index is 1050. The highest BCUT2D eigenvalue weighted by Crippen LogP contribution is 2.15. The summed E-state index contributed by atoms with van der Waals surface area (Å²) in [5.41, 5.74) is 0.805. The normalized spacial score (nSPS) is 17.4. The molecule has 2 amide bonds. The number of hydrogen-bond acceptors (Lipinski definition) is 6. The molecule has 31 heavy (non-hydrogen) atoms. The van der Waals surface area contributed by atoms with Crippen molar-refractivity contribution in [3.05, 3.63) is 59.9 Å². The van der Waals surface area contributed by atoms with Crippen LogP contribution in [0.4, 0.5) is 4.39 Å². The lowest BCUT2D eigenvalue weighted by molar-refractivity contribution is -0.133. The first-order valence-electron chi connectivity index (χ1n) is 10.0. The van der Waals surface area contributed by atoms with Crippen LogP contribution in [-0.4, -0.2) is 73.0 Å². The van der Waals surface area contributed by atoms with Gasteiger partial charge in [-0.2, -0.15) is 4.98 Å². The summed E-state index contributed by atoms with van der Waals surface area (Å²) in [5, 5.41) is 4.18. The van der Waals surface area contributed by atoms with E-state index in [4.69, 9.17) is 4.74 Å². The average Bonchev–Trinajstić information content (AvgIpc) is 3.11. The summed E-state index contributed by atoms with van der Waals surface area (Å²) < 4.78 is 20.6. The van der Waals surface area contributed by atoms with E-state index in [-0.39, 0.29) is 43.3 Å². The third-order valence-electron chi connectivity index (χ3n) is 5.09. The van der Waals surface area contributed by atoms with E-state index < -0.39 is 12.0 Å². The number of carbonyl (C=O) groups excluding carboxylic acids is 2. The fourth-order valence-corrected chi connectivity index (χ4v) is 3.46. The van der Waals surface area contributed by atoms with Gasteiger partial charge in [-0.15, -0.1) is 5.10 Å². The van der Waals surface area contributed by atoms with Crippen LogP contribution in [0.5, 0.6) is 0 Å². The molecule has 3 aromatic rings. The van der Waals surface area contributed by atoms with Crippen LogP contribution in [-0.2, 0) is 16.1 Å². The highest BCUT2D eigenvalue weighted by Gasteiger charge is 2.33. The van der Waals surface area contributed by atoms with Crippen LogP contribution >= 0.6 is 0 Å². The Labute approximate surface area is 178 Å². The largest absolute Gasteiger partial charge is 0.370 e. The number of hydrogen-bond donors (Lipinski definition) is 0. The Hall–Kier alpha value is -3.40. The van der Waals surface area contributed by atoms with E-state index in [1.54, 1.807) is 35.5 Å². The highest BCUT2D eigenvalue weighted by atomic mass is 19.1. The SMILES string of the molecule is CC(C)N1C[C@@H](OCc2ccc(F)cc2)CN(C(=O)c2nc3ncccn3n2)CC1=O. The van der Waals surface area contributed by atoms with E-state index in [9.17, 15) is 14.0 Å². The monoisotopic (exact) mass is 426 g/mol. The number of nitrogens with zero attached hydrogens (tertiary/aromatic N) is 6. The number of amides is 2. The second kappa shape index (κ2) is 8.76. The van der Waals surface area contributed by atoms with Crippen molar-refractivity contribution < 1.29 is 18.7 Å². The van der Waals surface area contributed by atoms with E-state index in [0.717, 1.165) is 5.56 Å². The molecule has 2 aromatic heterocycles. The lowest BCUT2D eigenvalue weighted by Crippen LogP contribution is -2.42. The van der Waals surface area contributed by atoms with Crippen molar-refractivity contribution in [1.29, 1.82) is 0 Å². The van der Waals surface area contributed by atoms with Crippen LogP contribution in [0.25, 0.3) is 5.78 Å². The van der Waals surface area contributed by atoms with Crippen molar-refractivity contribution in [1.82, 2.24) is 29.4 Å². The fourth-order valence-electron chi connectivity index (χ4n) is 3.46. The zero-order valence-corrected chi connectivity index (χ0v) is 17.3. The van der Waals surface area contributed by atoms with Gasteiger partial charge in [-0.05, 0) is 37.6 Å². The molecule has 1 aromatic carbocycles. The Morgan fingerprint density at radius 1 is 1.26 bits per heavy atom. The minimum atomic E-state index is -0.458. The standard InChI is InChI=1S/C21H23FN6O3/c1-14(2)27-11-17(31-13-15-4-6-16(22)7-5-15)10-26(12-18(27)29)20(30)19-24-21-23-8-3-9-28(21)25-19/h3-9,14,17H,10-13H2,1-2H3/t17-/m0/s1. The van der Waals surface area contributed by atoms with Gasteiger partial charge in [-0.1, -0.05) is 12.1 Å².